The molecule has 0 aliphatic carbocycles. The molecular weight excluding hydrogens is 285 g/mol. The van der Waals surface area contributed by atoms with Gasteiger partial charge in [-0.25, -0.2) is 4.39 Å². The molecule has 0 amide bonds. The summed E-state index contributed by atoms with van der Waals surface area (Å²) in [5, 5.41) is 0. The Morgan fingerprint density at radius 3 is 2.71 bits per heavy atom. The smallest absolute Gasteiger partial charge is 0.197 e. The van der Waals surface area contributed by atoms with E-state index in [9.17, 15) is 9.18 Å². The first-order valence-corrected chi connectivity index (χ1v) is 5.79. The van der Waals surface area contributed by atoms with Crippen LogP contribution in [0.3, 0.4) is 0 Å². The third-order valence-electron chi connectivity index (χ3n) is 2.39. The molecule has 0 N–H and O–H groups in total. The number of nitrogens with zero attached hydrogens (tertiary/aromatic N) is 1. The Bertz CT molecular complexity index is 583. The van der Waals surface area contributed by atoms with Crippen molar-refractivity contribution in [2.75, 3.05) is 0 Å². The number of benzene rings is 1. The first-order valence-electron chi connectivity index (χ1n) is 5.00. The Hall–Kier alpha value is -1.55. The van der Waals surface area contributed by atoms with E-state index in [2.05, 4.69) is 20.9 Å². The van der Waals surface area contributed by atoms with Gasteiger partial charge in [-0.15, -0.1) is 0 Å². The van der Waals surface area contributed by atoms with E-state index in [1.54, 1.807) is 6.07 Å². The van der Waals surface area contributed by atoms with Crippen LogP contribution in [0.2, 0.25) is 0 Å². The van der Waals surface area contributed by atoms with Gasteiger partial charge in [-0.2, -0.15) is 0 Å². The highest BCUT2D eigenvalue weighted by Crippen LogP contribution is 2.22. The highest BCUT2D eigenvalue weighted by Gasteiger charge is 2.16. The molecule has 2 nitrogen and oxygen atoms in total. The summed E-state index contributed by atoms with van der Waals surface area (Å²) in [6.45, 7) is 1.92. The van der Waals surface area contributed by atoms with Crippen molar-refractivity contribution in [3.63, 3.8) is 0 Å². The number of pyridine rings is 1. The molecule has 0 aliphatic rings. The Labute approximate surface area is 107 Å². The van der Waals surface area contributed by atoms with Crippen molar-refractivity contribution in [3.05, 3.63) is 63.6 Å². The normalized spacial score (nSPS) is 10.3. The molecule has 17 heavy (non-hydrogen) atoms. The second kappa shape index (κ2) is 4.75. The SMILES string of the molecule is Cc1ccc(C(=O)c2ccncc2F)c(Br)c1. The molecule has 0 aliphatic heterocycles. The van der Waals surface area contributed by atoms with E-state index in [1.807, 2.05) is 19.1 Å². The number of rotatable bonds is 2. The van der Waals surface area contributed by atoms with Crippen molar-refractivity contribution in [3.8, 4) is 0 Å². The topological polar surface area (TPSA) is 30.0 Å². The lowest BCUT2D eigenvalue weighted by Crippen LogP contribution is -2.05. The Morgan fingerprint density at radius 2 is 2.06 bits per heavy atom. The highest BCUT2D eigenvalue weighted by atomic mass is 79.9. The molecule has 0 bridgehead atoms. The average molecular weight is 294 g/mol. The Morgan fingerprint density at radius 1 is 1.29 bits per heavy atom. The summed E-state index contributed by atoms with van der Waals surface area (Å²) in [5.41, 5.74) is 1.51. The van der Waals surface area contributed by atoms with Crippen LogP contribution in [-0.4, -0.2) is 10.8 Å². The van der Waals surface area contributed by atoms with Crippen LogP contribution in [0.4, 0.5) is 4.39 Å². The molecule has 2 rings (SSSR count). The summed E-state index contributed by atoms with van der Waals surface area (Å²) in [6.07, 6.45) is 2.44. The molecule has 1 aromatic carbocycles. The highest BCUT2D eigenvalue weighted by molar-refractivity contribution is 9.10. The van der Waals surface area contributed by atoms with Gasteiger partial charge in [0.05, 0.1) is 11.8 Å². The quantitative estimate of drug-likeness (QED) is 0.793. The fourth-order valence-corrected chi connectivity index (χ4v) is 2.18. The second-order valence-corrected chi connectivity index (χ2v) is 4.52. The monoisotopic (exact) mass is 293 g/mol. The van der Waals surface area contributed by atoms with E-state index in [4.69, 9.17) is 0 Å². The summed E-state index contributed by atoms with van der Waals surface area (Å²) in [5.74, 6) is -0.957. The van der Waals surface area contributed by atoms with Gasteiger partial charge >= 0.3 is 0 Å². The van der Waals surface area contributed by atoms with Crippen LogP contribution in [0.1, 0.15) is 21.5 Å². The fourth-order valence-electron chi connectivity index (χ4n) is 1.51. The van der Waals surface area contributed by atoms with E-state index < -0.39 is 5.82 Å². The average Bonchev–Trinajstić information content (AvgIpc) is 2.29. The molecule has 0 unspecified atom stereocenters. The number of hydrogen-bond acceptors (Lipinski definition) is 2. The summed E-state index contributed by atoms with van der Waals surface area (Å²) in [6, 6.07) is 6.70. The van der Waals surface area contributed by atoms with Crippen molar-refractivity contribution in [1.29, 1.82) is 0 Å². The van der Waals surface area contributed by atoms with Crippen LogP contribution in [0, 0.1) is 12.7 Å². The maximum absolute atomic E-state index is 13.4. The first kappa shape index (κ1) is 11.9. The predicted molar refractivity (Wildman–Crippen MR) is 66.5 cm³/mol. The number of ketones is 1. The Balaban J connectivity index is 2.48. The van der Waals surface area contributed by atoms with Crippen LogP contribution in [0.25, 0.3) is 0 Å². The predicted octanol–water partition coefficient (Wildman–Crippen LogP) is 3.52. The van der Waals surface area contributed by atoms with Gasteiger partial charge in [0, 0.05) is 16.2 Å². The Kier molecular flexibility index (Phi) is 3.33. The molecule has 1 heterocycles. The van der Waals surface area contributed by atoms with Crippen LogP contribution in [0.5, 0.6) is 0 Å². The summed E-state index contributed by atoms with van der Waals surface area (Å²) in [4.78, 5) is 15.7. The van der Waals surface area contributed by atoms with Gasteiger partial charge in [-0.1, -0.05) is 22.0 Å². The molecule has 0 atom stereocenters. The standard InChI is InChI=1S/C13H9BrFNO/c1-8-2-3-9(11(14)6-8)13(17)10-4-5-16-7-12(10)15/h2-7H,1H3. The lowest BCUT2D eigenvalue weighted by atomic mass is 10.0. The maximum Gasteiger partial charge on any atom is 0.197 e. The number of carbonyl (C=O) groups excluding carboxylic acids is 1. The van der Waals surface area contributed by atoms with E-state index in [-0.39, 0.29) is 11.3 Å². The molecule has 0 spiro atoms. The molecular formula is C13H9BrFNO. The zero-order valence-electron chi connectivity index (χ0n) is 9.08. The van der Waals surface area contributed by atoms with E-state index in [1.165, 1.54) is 12.3 Å². The molecule has 0 fully saturated rings. The first-order chi connectivity index (χ1) is 8.09. The lowest BCUT2D eigenvalue weighted by Gasteiger charge is -2.05. The van der Waals surface area contributed by atoms with E-state index in [0.29, 0.717) is 10.0 Å². The van der Waals surface area contributed by atoms with Crippen LogP contribution >= 0.6 is 15.9 Å². The van der Waals surface area contributed by atoms with Crippen LogP contribution < -0.4 is 0 Å². The molecule has 0 radical (unpaired) electrons. The van der Waals surface area contributed by atoms with Crippen LogP contribution in [0.15, 0.2) is 41.1 Å². The van der Waals surface area contributed by atoms with E-state index >= 15 is 0 Å². The van der Waals surface area contributed by atoms with Gasteiger partial charge < -0.3 is 0 Å². The number of aromatic nitrogens is 1. The molecule has 2 aromatic rings. The summed E-state index contributed by atoms with van der Waals surface area (Å²) >= 11 is 3.31. The zero-order chi connectivity index (χ0) is 12.4. The van der Waals surface area contributed by atoms with Crippen molar-refractivity contribution in [2.45, 2.75) is 6.92 Å². The number of aryl methyl sites for hydroxylation is 1. The second-order valence-electron chi connectivity index (χ2n) is 3.67. The third kappa shape index (κ3) is 2.42. The van der Waals surface area contributed by atoms with Gasteiger partial charge in [0.25, 0.3) is 0 Å². The van der Waals surface area contributed by atoms with Gasteiger partial charge in [0.15, 0.2) is 11.6 Å². The number of halogens is 2. The van der Waals surface area contributed by atoms with Gasteiger partial charge in [0.1, 0.15) is 0 Å². The van der Waals surface area contributed by atoms with Crippen LogP contribution in [-0.2, 0) is 0 Å². The molecule has 0 saturated carbocycles. The minimum Gasteiger partial charge on any atom is -0.288 e. The molecule has 86 valence electrons. The van der Waals surface area contributed by atoms with E-state index in [0.717, 1.165) is 11.8 Å². The zero-order valence-corrected chi connectivity index (χ0v) is 10.7. The van der Waals surface area contributed by atoms with Crippen molar-refractivity contribution in [2.24, 2.45) is 0 Å². The maximum atomic E-state index is 13.4. The minimum absolute atomic E-state index is 0.0320. The fraction of sp³-hybridized carbons (Fsp3) is 0.0769. The summed E-state index contributed by atoms with van der Waals surface area (Å²) in [7, 11) is 0. The van der Waals surface area contributed by atoms with Gasteiger partial charge in [-0.05, 0) is 30.7 Å². The molecule has 4 heteroatoms. The molecule has 1 aromatic heterocycles. The van der Waals surface area contributed by atoms with Crippen molar-refractivity contribution < 1.29 is 9.18 Å². The lowest BCUT2D eigenvalue weighted by molar-refractivity contribution is 0.103. The number of hydrogen-bond donors (Lipinski definition) is 0. The molecule has 0 saturated heterocycles. The minimum atomic E-state index is -0.607. The summed E-state index contributed by atoms with van der Waals surface area (Å²) < 4.78 is 14.1. The van der Waals surface area contributed by atoms with Gasteiger partial charge in [-0.3, -0.25) is 9.78 Å². The third-order valence-corrected chi connectivity index (χ3v) is 3.04. The van der Waals surface area contributed by atoms with Crippen molar-refractivity contribution in [1.82, 2.24) is 4.98 Å². The van der Waals surface area contributed by atoms with Crippen molar-refractivity contribution >= 4 is 21.7 Å². The number of carbonyl (C=O) groups is 1. The largest absolute Gasteiger partial charge is 0.288 e. The van der Waals surface area contributed by atoms with Gasteiger partial charge in [0.2, 0.25) is 0 Å².